The van der Waals surface area contributed by atoms with E-state index in [2.05, 4.69) is 51.2 Å². The molecule has 1 nitrogen and oxygen atoms in total. The van der Waals surface area contributed by atoms with Crippen LogP contribution >= 0.6 is 15.9 Å². The van der Waals surface area contributed by atoms with Crippen molar-refractivity contribution in [1.82, 2.24) is 4.90 Å². The molecule has 100 valence electrons. The Morgan fingerprint density at radius 2 is 1.94 bits per heavy atom. The predicted octanol–water partition coefficient (Wildman–Crippen LogP) is 4.26. The number of likely N-dealkylation sites (tertiary alicyclic amines) is 1. The molecule has 0 N–H and O–H groups in total. The fourth-order valence-corrected chi connectivity index (χ4v) is 3.57. The number of nitrogens with zero attached hydrogens (tertiary/aromatic N) is 1. The Kier molecular flexibility index (Phi) is 6.22. The van der Waals surface area contributed by atoms with E-state index in [1.54, 1.807) is 0 Å². The molecule has 0 aliphatic carbocycles. The zero-order valence-electron chi connectivity index (χ0n) is 11.2. The molecule has 0 bridgehead atoms. The van der Waals surface area contributed by atoms with Crippen LogP contribution in [0.15, 0.2) is 30.3 Å². The standard InChI is InChI=1S/C16H24BrN/c17-14-16-11-5-2-6-12-18(16)13-7-10-15-8-3-1-4-9-15/h1,3-4,8-9,16H,2,5-7,10-14H2. The summed E-state index contributed by atoms with van der Waals surface area (Å²) in [5.41, 5.74) is 1.47. The largest absolute Gasteiger partial charge is 0.300 e. The van der Waals surface area contributed by atoms with E-state index in [-0.39, 0.29) is 0 Å². The number of hydrogen-bond acceptors (Lipinski definition) is 1. The lowest BCUT2D eigenvalue weighted by Crippen LogP contribution is -2.36. The smallest absolute Gasteiger partial charge is 0.0192 e. The second-order valence-electron chi connectivity index (χ2n) is 5.28. The molecule has 1 fully saturated rings. The van der Waals surface area contributed by atoms with Crippen molar-refractivity contribution in [1.29, 1.82) is 0 Å². The Balaban J connectivity index is 1.77. The Hall–Kier alpha value is -0.340. The number of aryl methyl sites for hydroxylation is 1. The van der Waals surface area contributed by atoms with Gasteiger partial charge in [0.1, 0.15) is 0 Å². The zero-order valence-corrected chi connectivity index (χ0v) is 12.7. The minimum Gasteiger partial charge on any atom is -0.300 e. The van der Waals surface area contributed by atoms with Crippen molar-refractivity contribution in [2.75, 3.05) is 18.4 Å². The van der Waals surface area contributed by atoms with Gasteiger partial charge in [-0.3, -0.25) is 4.90 Å². The molecule has 1 atom stereocenters. The molecule has 1 saturated heterocycles. The molecule has 2 heteroatoms. The van der Waals surface area contributed by atoms with Crippen molar-refractivity contribution in [3.05, 3.63) is 35.9 Å². The first-order valence-electron chi connectivity index (χ1n) is 7.24. The van der Waals surface area contributed by atoms with Gasteiger partial charge in [0.2, 0.25) is 0 Å². The van der Waals surface area contributed by atoms with Crippen LogP contribution in [0.25, 0.3) is 0 Å². The van der Waals surface area contributed by atoms with Crippen molar-refractivity contribution in [2.24, 2.45) is 0 Å². The van der Waals surface area contributed by atoms with Crippen molar-refractivity contribution in [3.63, 3.8) is 0 Å². The van der Waals surface area contributed by atoms with Crippen LogP contribution in [0.1, 0.15) is 37.7 Å². The van der Waals surface area contributed by atoms with Gasteiger partial charge in [-0.2, -0.15) is 0 Å². The molecular weight excluding hydrogens is 286 g/mol. The van der Waals surface area contributed by atoms with Gasteiger partial charge in [-0.1, -0.05) is 59.1 Å². The third kappa shape index (κ3) is 4.40. The lowest BCUT2D eigenvalue weighted by atomic mass is 10.1. The number of alkyl halides is 1. The molecule has 18 heavy (non-hydrogen) atoms. The van der Waals surface area contributed by atoms with Gasteiger partial charge in [0.15, 0.2) is 0 Å². The molecule has 1 heterocycles. The highest BCUT2D eigenvalue weighted by molar-refractivity contribution is 9.09. The third-order valence-electron chi connectivity index (χ3n) is 3.93. The van der Waals surface area contributed by atoms with Crippen LogP contribution in [0, 0.1) is 0 Å². The predicted molar refractivity (Wildman–Crippen MR) is 82.4 cm³/mol. The summed E-state index contributed by atoms with van der Waals surface area (Å²) in [7, 11) is 0. The first-order valence-corrected chi connectivity index (χ1v) is 8.36. The average molecular weight is 310 g/mol. The van der Waals surface area contributed by atoms with Gasteiger partial charge in [0.25, 0.3) is 0 Å². The topological polar surface area (TPSA) is 3.24 Å². The summed E-state index contributed by atoms with van der Waals surface area (Å²) in [5, 5.41) is 1.14. The Bertz CT molecular complexity index is 325. The lowest BCUT2D eigenvalue weighted by Gasteiger charge is -2.28. The van der Waals surface area contributed by atoms with E-state index in [1.165, 1.54) is 57.2 Å². The molecule has 1 aromatic carbocycles. The molecule has 0 spiro atoms. The molecule has 0 aromatic heterocycles. The quantitative estimate of drug-likeness (QED) is 0.735. The number of hydrogen-bond donors (Lipinski definition) is 0. The molecule has 0 amide bonds. The second-order valence-corrected chi connectivity index (χ2v) is 5.93. The van der Waals surface area contributed by atoms with Gasteiger partial charge in [-0.15, -0.1) is 0 Å². The van der Waals surface area contributed by atoms with E-state index in [4.69, 9.17) is 0 Å². The SMILES string of the molecule is BrCC1CCCCCN1CCCc1ccccc1. The van der Waals surface area contributed by atoms with Crippen molar-refractivity contribution >= 4 is 15.9 Å². The zero-order chi connectivity index (χ0) is 12.6. The lowest BCUT2D eigenvalue weighted by molar-refractivity contribution is 0.215. The minimum atomic E-state index is 0.767. The highest BCUT2D eigenvalue weighted by Crippen LogP contribution is 2.19. The molecule has 1 aliphatic heterocycles. The summed E-state index contributed by atoms with van der Waals surface area (Å²) in [6.07, 6.45) is 8.08. The molecule has 1 aliphatic rings. The van der Waals surface area contributed by atoms with Crippen LogP contribution in [0.4, 0.5) is 0 Å². The van der Waals surface area contributed by atoms with Gasteiger partial charge >= 0.3 is 0 Å². The van der Waals surface area contributed by atoms with E-state index in [9.17, 15) is 0 Å². The van der Waals surface area contributed by atoms with E-state index in [0.29, 0.717) is 0 Å². The number of rotatable bonds is 5. The van der Waals surface area contributed by atoms with Gasteiger partial charge in [-0.05, 0) is 44.3 Å². The summed E-state index contributed by atoms with van der Waals surface area (Å²) in [6.45, 7) is 2.55. The third-order valence-corrected chi connectivity index (χ3v) is 4.68. The van der Waals surface area contributed by atoms with E-state index >= 15 is 0 Å². The summed E-state index contributed by atoms with van der Waals surface area (Å²) >= 11 is 3.68. The van der Waals surface area contributed by atoms with Crippen LogP contribution in [-0.2, 0) is 6.42 Å². The van der Waals surface area contributed by atoms with E-state index in [0.717, 1.165) is 11.4 Å². The Labute approximate surface area is 120 Å². The van der Waals surface area contributed by atoms with Gasteiger partial charge in [0, 0.05) is 11.4 Å². The van der Waals surface area contributed by atoms with E-state index in [1.807, 2.05) is 0 Å². The second kappa shape index (κ2) is 7.96. The van der Waals surface area contributed by atoms with Crippen LogP contribution in [-0.4, -0.2) is 29.4 Å². The van der Waals surface area contributed by atoms with Crippen LogP contribution in [0.3, 0.4) is 0 Å². The van der Waals surface area contributed by atoms with Gasteiger partial charge in [-0.25, -0.2) is 0 Å². The maximum absolute atomic E-state index is 3.68. The van der Waals surface area contributed by atoms with Gasteiger partial charge < -0.3 is 0 Å². The maximum Gasteiger partial charge on any atom is 0.0192 e. The Morgan fingerprint density at radius 1 is 1.11 bits per heavy atom. The van der Waals surface area contributed by atoms with Crippen LogP contribution in [0.2, 0.25) is 0 Å². The average Bonchev–Trinajstić information content (AvgIpc) is 2.65. The van der Waals surface area contributed by atoms with E-state index < -0.39 is 0 Å². The maximum atomic E-state index is 3.68. The summed E-state index contributed by atoms with van der Waals surface area (Å²) in [5.74, 6) is 0. The Morgan fingerprint density at radius 3 is 2.72 bits per heavy atom. The fraction of sp³-hybridized carbons (Fsp3) is 0.625. The first-order chi connectivity index (χ1) is 8.90. The van der Waals surface area contributed by atoms with Crippen LogP contribution < -0.4 is 0 Å². The van der Waals surface area contributed by atoms with Crippen molar-refractivity contribution < 1.29 is 0 Å². The first kappa shape index (κ1) is 14.1. The highest BCUT2D eigenvalue weighted by Gasteiger charge is 2.19. The molecule has 0 radical (unpaired) electrons. The molecule has 1 aromatic rings. The van der Waals surface area contributed by atoms with Crippen molar-refractivity contribution in [3.8, 4) is 0 Å². The monoisotopic (exact) mass is 309 g/mol. The summed E-state index contributed by atoms with van der Waals surface area (Å²) in [4.78, 5) is 2.70. The highest BCUT2D eigenvalue weighted by atomic mass is 79.9. The molecule has 0 saturated carbocycles. The van der Waals surface area contributed by atoms with Crippen LogP contribution in [0.5, 0.6) is 0 Å². The fourth-order valence-electron chi connectivity index (χ4n) is 2.84. The summed E-state index contributed by atoms with van der Waals surface area (Å²) < 4.78 is 0. The normalized spacial score (nSPS) is 21.7. The minimum absolute atomic E-state index is 0.767. The summed E-state index contributed by atoms with van der Waals surface area (Å²) in [6, 6.07) is 11.6. The van der Waals surface area contributed by atoms with Crippen molar-refractivity contribution in [2.45, 2.75) is 44.6 Å². The molecule has 1 unspecified atom stereocenters. The molecule has 2 rings (SSSR count). The van der Waals surface area contributed by atoms with Gasteiger partial charge in [0.05, 0.1) is 0 Å². The molecular formula is C16H24BrN. The number of benzene rings is 1. The number of halogens is 1.